The van der Waals surface area contributed by atoms with Gasteiger partial charge >= 0.3 is 5.97 Å². The van der Waals surface area contributed by atoms with E-state index in [2.05, 4.69) is 0 Å². The van der Waals surface area contributed by atoms with Crippen molar-refractivity contribution < 1.29 is 28.2 Å². The zero-order valence-corrected chi connectivity index (χ0v) is 17.7. The highest BCUT2D eigenvalue weighted by molar-refractivity contribution is 6.01. The number of methoxy groups -OCH3 is 1. The van der Waals surface area contributed by atoms with Gasteiger partial charge in [0.1, 0.15) is 6.17 Å². The number of ketones is 1. The summed E-state index contributed by atoms with van der Waals surface area (Å²) in [4.78, 5) is 24.7. The lowest BCUT2D eigenvalue weighted by Crippen LogP contribution is -2.69. The van der Waals surface area contributed by atoms with Crippen molar-refractivity contribution in [3.05, 3.63) is 23.8 Å². The Labute approximate surface area is 170 Å². The molecular formula is C23H30F2O4. The van der Waals surface area contributed by atoms with Gasteiger partial charge in [-0.25, -0.2) is 8.78 Å². The van der Waals surface area contributed by atoms with Crippen molar-refractivity contribution in [2.75, 3.05) is 7.11 Å². The highest BCUT2D eigenvalue weighted by atomic mass is 19.1. The Morgan fingerprint density at radius 1 is 1.24 bits per heavy atom. The van der Waals surface area contributed by atoms with Gasteiger partial charge in [0.25, 0.3) is 0 Å². The Kier molecular flexibility index (Phi) is 4.28. The Bertz CT molecular complexity index is 837. The molecule has 0 radical (unpaired) electrons. The second-order valence-electron chi connectivity index (χ2n) is 10.2. The van der Waals surface area contributed by atoms with Crippen LogP contribution in [-0.4, -0.2) is 41.9 Å². The maximum atomic E-state index is 17.0. The predicted octanol–water partition coefficient (Wildman–Crippen LogP) is 3.73. The maximum absolute atomic E-state index is 17.0. The SMILES string of the molecule is COC(=O)[C@@]1(C)[C@H](C)CC2C3C[C@H](F)C4=CC(=O)C=C[C@]4(C)[C@@]3(F)[C@@H](O)C[C@@]21C. The summed E-state index contributed by atoms with van der Waals surface area (Å²) in [5.41, 5.74) is -4.99. The molecule has 160 valence electrons. The highest BCUT2D eigenvalue weighted by Gasteiger charge is 2.76. The first-order chi connectivity index (χ1) is 13.4. The highest BCUT2D eigenvalue weighted by Crippen LogP contribution is 2.73. The zero-order chi connectivity index (χ0) is 21.6. The molecule has 0 aromatic rings. The van der Waals surface area contributed by atoms with E-state index in [4.69, 9.17) is 4.74 Å². The van der Waals surface area contributed by atoms with Crippen LogP contribution in [0.5, 0.6) is 0 Å². The summed E-state index contributed by atoms with van der Waals surface area (Å²) >= 11 is 0. The number of carbonyl (C=O) groups is 2. The molecule has 0 aromatic heterocycles. The molecule has 2 unspecified atom stereocenters. The number of allylic oxidation sites excluding steroid dienone is 4. The predicted molar refractivity (Wildman–Crippen MR) is 103 cm³/mol. The van der Waals surface area contributed by atoms with Gasteiger partial charge in [0.15, 0.2) is 11.5 Å². The van der Waals surface area contributed by atoms with Crippen LogP contribution < -0.4 is 0 Å². The van der Waals surface area contributed by atoms with Gasteiger partial charge in [0.05, 0.1) is 18.6 Å². The number of fused-ring (bicyclic) bond motifs is 5. The van der Waals surface area contributed by atoms with E-state index in [-0.39, 0.29) is 42.0 Å². The van der Waals surface area contributed by atoms with Gasteiger partial charge < -0.3 is 9.84 Å². The quantitative estimate of drug-likeness (QED) is 0.672. The lowest BCUT2D eigenvalue weighted by molar-refractivity contribution is -0.215. The average molecular weight is 408 g/mol. The number of hydrogen-bond acceptors (Lipinski definition) is 4. The molecule has 4 aliphatic carbocycles. The number of esters is 1. The smallest absolute Gasteiger partial charge is 0.312 e. The largest absolute Gasteiger partial charge is 0.469 e. The van der Waals surface area contributed by atoms with Gasteiger partial charge in [0.2, 0.25) is 0 Å². The monoisotopic (exact) mass is 408 g/mol. The molecule has 6 heteroatoms. The first-order valence-electron chi connectivity index (χ1n) is 10.4. The van der Waals surface area contributed by atoms with E-state index < -0.39 is 40.1 Å². The Morgan fingerprint density at radius 3 is 2.52 bits per heavy atom. The molecule has 3 saturated carbocycles. The lowest BCUT2D eigenvalue weighted by Gasteiger charge is -2.63. The van der Waals surface area contributed by atoms with Crippen LogP contribution in [-0.2, 0) is 14.3 Å². The summed E-state index contributed by atoms with van der Waals surface area (Å²) in [6.45, 7) is 7.30. The third-order valence-electron chi connectivity index (χ3n) is 9.41. The summed E-state index contributed by atoms with van der Waals surface area (Å²) in [5, 5.41) is 11.2. The third kappa shape index (κ3) is 2.16. The number of aliphatic hydroxyl groups is 1. The lowest BCUT2D eigenvalue weighted by atomic mass is 9.43. The van der Waals surface area contributed by atoms with Crippen molar-refractivity contribution in [2.45, 2.75) is 64.9 Å². The minimum atomic E-state index is -2.11. The first-order valence-corrected chi connectivity index (χ1v) is 10.4. The number of rotatable bonds is 1. The minimum Gasteiger partial charge on any atom is -0.469 e. The minimum absolute atomic E-state index is 0.0855. The molecule has 29 heavy (non-hydrogen) atoms. The zero-order valence-electron chi connectivity index (χ0n) is 17.7. The number of alkyl halides is 2. The fourth-order valence-corrected chi connectivity index (χ4v) is 7.41. The molecule has 9 atom stereocenters. The normalized spacial score (nSPS) is 53.6. The summed E-state index contributed by atoms with van der Waals surface area (Å²) in [5.74, 6) is -1.86. The van der Waals surface area contributed by atoms with Gasteiger partial charge in [-0.15, -0.1) is 0 Å². The van der Waals surface area contributed by atoms with E-state index in [0.29, 0.717) is 6.42 Å². The average Bonchev–Trinajstić information content (AvgIpc) is 2.86. The van der Waals surface area contributed by atoms with E-state index in [1.54, 1.807) is 6.92 Å². The van der Waals surface area contributed by atoms with Crippen molar-refractivity contribution in [3.63, 3.8) is 0 Å². The van der Waals surface area contributed by atoms with Crippen LogP contribution in [0.3, 0.4) is 0 Å². The van der Waals surface area contributed by atoms with Crippen molar-refractivity contribution in [1.82, 2.24) is 0 Å². The Morgan fingerprint density at radius 2 is 1.90 bits per heavy atom. The number of halogens is 2. The molecule has 0 spiro atoms. The molecular weight excluding hydrogens is 378 g/mol. The van der Waals surface area contributed by atoms with Crippen LogP contribution in [0.25, 0.3) is 0 Å². The van der Waals surface area contributed by atoms with Gasteiger partial charge in [-0.3, -0.25) is 9.59 Å². The fourth-order valence-electron chi connectivity index (χ4n) is 7.41. The molecule has 1 N–H and O–H groups in total. The van der Waals surface area contributed by atoms with E-state index in [0.717, 1.165) is 0 Å². The number of carbonyl (C=O) groups excluding carboxylic acids is 2. The molecule has 3 fully saturated rings. The van der Waals surface area contributed by atoms with Crippen molar-refractivity contribution in [3.8, 4) is 0 Å². The van der Waals surface area contributed by atoms with Crippen LogP contribution in [0, 0.1) is 34.0 Å². The number of ether oxygens (including phenoxy) is 1. The van der Waals surface area contributed by atoms with E-state index in [9.17, 15) is 14.7 Å². The van der Waals surface area contributed by atoms with Crippen LogP contribution in [0.15, 0.2) is 23.8 Å². The second-order valence-corrected chi connectivity index (χ2v) is 10.2. The van der Waals surface area contributed by atoms with Crippen molar-refractivity contribution in [1.29, 1.82) is 0 Å². The first kappa shape index (κ1) is 20.7. The topological polar surface area (TPSA) is 63.6 Å². The molecule has 4 rings (SSSR count). The standard InChI is InChI=1S/C23H30F2O4/c1-12-8-14-15-10-17(24)16-9-13(26)6-7-20(16,2)23(15,25)18(27)11-21(14,3)22(12,4)19(28)29-5/h6-7,9,12,14-15,17-18,27H,8,10-11H2,1-5H3/t12-,14?,15?,17+,18+,20+,21+,22-,23+/m1/s1. The summed E-state index contributed by atoms with van der Waals surface area (Å²) < 4.78 is 37.4. The van der Waals surface area contributed by atoms with Crippen LogP contribution in [0.1, 0.15) is 47.0 Å². The Balaban J connectivity index is 1.87. The molecule has 0 saturated heterocycles. The van der Waals surface area contributed by atoms with Crippen molar-refractivity contribution >= 4 is 11.8 Å². The van der Waals surface area contributed by atoms with Gasteiger partial charge in [0, 0.05) is 11.3 Å². The maximum Gasteiger partial charge on any atom is 0.312 e. The Hall–Kier alpha value is -1.56. The summed E-state index contributed by atoms with van der Waals surface area (Å²) in [7, 11) is 1.34. The molecule has 0 aliphatic heterocycles. The number of aliphatic hydroxyl groups excluding tert-OH is 1. The van der Waals surface area contributed by atoms with E-state index >= 15 is 8.78 Å². The summed E-state index contributed by atoms with van der Waals surface area (Å²) in [6.07, 6.45) is 1.61. The third-order valence-corrected chi connectivity index (χ3v) is 9.41. The molecule has 0 amide bonds. The van der Waals surface area contributed by atoms with Crippen LogP contribution in [0.2, 0.25) is 0 Å². The van der Waals surface area contributed by atoms with E-state index in [1.165, 1.54) is 25.3 Å². The summed E-state index contributed by atoms with van der Waals surface area (Å²) in [6, 6.07) is 0. The second kappa shape index (κ2) is 5.99. The molecule has 0 heterocycles. The molecule has 4 nitrogen and oxygen atoms in total. The molecule has 0 bridgehead atoms. The van der Waals surface area contributed by atoms with Gasteiger partial charge in [-0.1, -0.05) is 19.9 Å². The number of hydrogen-bond donors (Lipinski definition) is 1. The fraction of sp³-hybridized carbons (Fsp3) is 0.739. The van der Waals surface area contributed by atoms with Crippen molar-refractivity contribution in [2.24, 2.45) is 34.0 Å². The van der Waals surface area contributed by atoms with E-state index in [1.807, 2.05) is 20.8 Å². The van der Waals surface area contributed by atoms with Crippen LogP contribution >= 0.6 is 0 Å². The van der Waals surface area contributed by atoms with Crippen LogP contribution in [0.4, 0.5) is 8.78 Å². The molecule has 4 aliphatic rings. The van der Waals surface area contributed by atoms with Gasteiger partial charge in [-0.2, -0.15) is 0 Å². The van der Waals surface area contributed by atoms with Gasteiger partial charge in [-0.05, 0) is 68.1 Å². The molecule has 0 aromatic carbocycles.